The molecule has 2 unspecified atom stereocenters. The number of aromatic nitrogens is 2. The topological polar surface area (TPSA) is 80.5 Å². The van der Waals surface area contributed by atoms with E-state index in [2.05, 4.69) is 10.4 Å². The van der Waals surface area contributed by atoms with Gasteiger partial charge in [0.15, 0.2) is 9.84 Å². The predicted molar refractivity (Wildman–Crippen MR) is 74.7 cm³/mol. The number of fused-ring (bicyclic) bond motifs is 1. The normalized spacial score (nSPS) is 24.9. The molecule has 2 atom stereocenters. The maximum atomic E-state index is 12.2. The first-order valence-electron chi connectivity index (χ1n) is 6.04. The Morgan fingerprint density at radius 3 is 2.90 bits per heavy atom. The summed E-state index contributed by atoms with van der Waals surface area (Å²) in [7, 11) is -3.17. The van der Waals surface area contributed by atoms with E-state index in [0.29, 0.717) is 11.1 Å². The van der Waals surface area contributed by atoms with Crippen molar-refractivity contribution in [3.63, 3.8) is 0 Å². The number of hydrogen-bond acceptors (Lipinski definition) is 4. The number of pyridine rings is 1. The minimum absolute atomic E-state index is 0.103. The van der Waals surface area contributed by atoms with Gasteiger partial charge in [-0.2, -0.15) is 5.10 Å². The summed E-state index contributed by atoms with van der Waals surface area (Å²) in [6, 6.07) is 4.82. The second-order valence-electron chi connectivity index (χ2n) is 4.76. The predicted octanol–water partition coefficient (Wildman–Crippen LogP) is 0.468. The Bertz CT molecular complexity index is 771. The largest absolute Gasteiger partial charge is 0.347 e. The second kappa shape index (κ2) is 4.75. The Balaban J connectivity index is 1.84. The number of nitrogens with zero attached hydrogens (tertiary/aromatic N) is 2. The van der Waals surface area contributed by atoms with Crippen molar-refractivity contribution in [1.29, 1.82) is 0 Å². The Morgan fingerprint density at radius 1 is 1.40 bits per heavy atom. The second-order valence-corrected chi connectivity index (χ2v) is 7.48. The van der Waals surface area contributed by atoms with Crippen LogP contribution >= 0.6 is 11.6 Å². The van der Waals surface area contributed by atoms with Gasteiger partial charge >= 0.3 is 0 Å². The molecule has 3 heterocycles. The standard InChI is InChI=1S/C12H12ClN3O3S/c13-9-6-20(18,19)7-10(9)15-12(17)8-5-14-16-4-2-1-3-11(8)16/h1-5,9-10H,6-7H2,(H,15,17). The molecule has 1 fully saturated rings. The van der Waals surface area contributed by atoms with Gasteiger partial charge < -0.3 is 5.32 Å². The molecule has 106 valence electrons. The van der Waals surface area contributed by atoms with Crippen LogP contribution in [0.2, 0.25) is 0 Å². The van der Waals surface area contributed by atoms with E-state index in [-0.39, 0.29) is 17.4 Å². The number of carbonyl (C=O) groups is 1. The van der Waals surface area contributed by atoms with E-state index in [0.717, 1.165) is 0 Å². The molecule has 1 N–H and O–H groups in total. The zero-order valence-electron chi connectivity index (χ0n) is 10.4. The minimum Gasteiger partial charge on any atom is -0.347 e. The fourth-order valence-electron chi connectivity index (χ4n) is 2.29. The molecule has 1 amide bonds. The highest BCUT2D eigenvalue weighted by molar-refractivity contribution is 7.91. The number of alkyl halides is 1. The van der Waals surface area contributed by atoms with Gasteiger partial charge in [-0.1, -0.05) is 6.07 Å². The zero-order valence-corrected chi connectivity index (χ0v) is 11.9. The monoisotopic (exact) mass is 313 g/mol. The van der Waals surface area contributed by atoms with Crippen LogP contribution in [0.3, 0.4) is 0 Å². The fraction of sp³-hybridized carbons (Fsp3) is 0.333. The molecule has 0 radical (unpaired) electrons. The lowest BCUT2D eigenvalue weighted by molar-refractivity contribution is 0.0943. The summed E-state index contributed by atoms with van der Waals surface area (Å²) in [5, 5.41) is 6.15. The highest BCUT2D eigenvalue weighted by Gasteiger charge is 2.37. The number of nitrogens with one attached hydrogen (secondary N) is 1. The highest BCUT2D eigenvalue weighted by atomic mass is 35.5. The lowest BCUT2D eigenvalue weighted by atomic mass is 10.2. The van der Waals surface area contributed by atoms with Gasteiger partial charge in [0.2, 0.25) is 0 Å². The summed E-state index contributed by atoms with van der Waals surface area (Å²) in [4.78, 5) is 12.2. The van der Waals surface area contributed by atoms with E-state index in [1.54, 1.807) is 28.9 Å². The van der Waals surface area contributed by atoms with Crippen molar-refractivity contribution in [3.8, 4) is 0 Å². The third-order valence-corrected chi connectivity index (χ3v) is 5.65. The van der Waals surface area contributed by atoms with Gasteiger partial charge in [0.05, 0.1) is 40.2 Å². The highest BCUT2D eigenvalue weighted by Crippen LogP contribution is 2.19. The average Bonchev–Trinajstić information content (AvgIpc) is 2.90. The lowest BCUT2D eigenvalue weighted by Crippen LogP contribution is -2.40. The van der Waals surface area contributed by atoms with E-state index in [1.807, 2.05) is 0 Å². The van der Waals surface area contributed by atoms with Crippen LogP contribution in [-0.2, 0) is 9.84 Å². The molecule has 0 aromatic carbocycles. The van der Waals surface area contributed by atoms with Crippen molar-refractivity contribution < 1.29 is 13.2 Å². The maximum absolute atomic E-state index is 12.2. The van der Waals surface area contributed by atoms with Gasteiger partial charge in [-0.25, -0.2) is 12.9 Å². The van der Waals surface area contributed by atoms with Gasteiger partial charge in [0.25, 0.3) is 5.91 Å². The quantitative estimate of drug-likeness (QED) is 0.817. The van der Waals surface area contributed by atoms with Gasteiger partial charge in [0.1, 0.15) is 0 Å². The molecule has 1 aliphatic heterocycles. The summed E-state index contributed by atoms with van der Waals surface area (Å²) in [6.45, 7) is 0. The number of halogens is 1. The van der Waals surface area contributed by atoms with Crippen LogP contribution in [0.15, 0.2) is 30.6 Å². The number of amides is 1. The van der Waals surface area contributed by atoms with E-state index in [1.165, 1.54) is 6.20 Å². The van der Waals surface area contributed by atoms with Crippen LogP contribution in [0.4, 0.5) is 0 Å². The van der Waals surface area contributed by atoms with Crippen LogP contribution < -0.4 is 5.32 Å². The van der Waals surface area contributed by atoms with Crippen molar-refractivity contribution in [3.05, 3.63) is 36.2 Å². The van der Waals surface area contributed by atoms with E-state index in [9.17, 15) is 13.2 Å². The zero-order chi connectivity index (χ0) is 14.3. The van der Waals surface area contributed by atoms with Crippen molar-refractivity contribution in [1.82, 2.24) is 14.9 Å². The lowest BCUT2D eigenvalue weighted by Gasteiger charge is -2.13. The maximum Gasteiger partial charge on any atom is 0.255 e. The SMILES string of the molecule is O=C(NC1CS(=O)(=O)CC1Cl)c1cnn2ccccc12. The average molecular weight is 314 g/mol. The van der Waals surface area contributed by atoms with Gasteiger partial charge in [-0.15, -0.1) is 11.6 Å². The van der Waals surface area contributed by atoms with Gasteiger partial charge in [0, 0.05) is 6.20 Å². The molecule has 1 saturated heterocycles. The first-order valence-corrected chi connectivity index (χ1v) is 8.30. The Morgan fingerprint density at radius 2 is 2.20 bits per heavy atom. The van der Waals surface area contributed by atoms with Crippen LogP contribution in [-0.4, -0.2) is 46.9 Å². The number of carbonyl (C=O) groups excluding carboxylic acids is 1. The van der Waals surface area contributed by atoms with Gasteiger partial charge in [-0.05, 0) is 12.1 Å². The van der Waals surface area contributed by atoms with Crippen molar-refractivity contribution in [2.45, 2.75) is 11.4 Å². The van der Waals surface area contributed by atoms with Crippen LogP contribution in [0.25, 0.3) is 5.52 Å². The summed E-state index contributed by atoms with van der Waals surface area (Å²) in [5.41, 5.74) is 1.07. The van der Waals surface area contributed by atoms with Crippen LogP contribution in [0.5, 0.6) is 0 Å². The first-order chi connectivity index (χ1) is 9.46. The van der Waals surface area contributed by atoms with Crippen molar-refractivity contribution in [2.24, 2.45) is 0 Å². The molecule has 20 heavy (non-hydrogen) atoms. The first kappa shape index (κ1) is 13.4. The van der Waals surface area contributed by atoms with Crippen molar-refractivity contribution >= 4 is 32.9 Å². The number of sulfone groups is 1. The third kappa shape index (κ3) is 2.38. The Labute approximate surface area is 120 Å². The Kier molecular flexibility index (Phi) is 3.18. The molecule has 2 aromatic heterocycles. The molecule has 3 rings (SSSR count). The molecule has 6 nitrogen and oxygen atoms in total. The molecule has 8 heteroatoms. The molecule has 0 bridgehead atoms. The van der Waals surface area contributed by atoms with E-state index < -0.39 is 21.3 Å². The fourth-order valence-corrected chi connectivity index (χ4v) is 4.84. The third-order valence-electron chi connectivity index (χ3n) is 3.27. The summed E-state index contributed by atoms with van der Waals surface area (Å²) >= 11 is 5.97. The molecule has 0 aliphatic carbocycles. The summed E-state index contributed by atoms with van der Waals surface area (Å²) in [6.07, 6.45) is 3.19. The smallest absolute Gasteiger partial charge is 0.255 e. The van der Waals surface area contributed by atoms with Crippen LogP contribution in [0.1, 0.15) is 10.4 Å². The van der Waals surface area contributed by atoms with Gasteiger partial charge in [-0.3, -0.25) is 4.79 Å². The molecule has 2 aromatic rings. The number of rotatable bonds is 2. The Hall–Kier alpha value is -1.60. The molecular weight excluding hydrogens is 302 g/mol. The van der Waals surface area contributed by atoms with E-state index in [4.69, 9.17) is 11.6 Å². The molecular formula is C12H12ClN3O3S. The van der Waals surface area contributed by atoms with Crippen LogP contribution in [0, 0.1) is 0 Å². The molecule has 0 saturated carbocycles. The summed E-state index contributed by atoms with van der Waals surface area (Å²) in [5.74, 6) is -0.584. The van der Waals surface area contributed by atoms with E-state index >= 15 is 0 Å². The molecule has 0 spiro atoms. The molecule has 1 aliphatic rings. The summed E-state index contributed by atoms with van der Waals surface area (Å²) < 4.78 is 24.5. The van der Waals surface area contributed by atoms with Crippen molar-refractivity contribution in [2.75, 3.05) is 11.5 Å². The number of hydrogen-bond donors (Lipinski definition) is 1. The minimum atomic E-state index is -3.17.